The smallest absolute Gasteiger partial charge is 0.191 e. The van der Waals surface area contributed by atoms with Crippen LogP contribution in [0.1, 0.15) is 37.7 Å². The Morgan fingerprint density at radius 1 is 1.16 bits per heavy atom. The molecule has 1 aliphatic heterocycles. The second-order valence-electron chi connectivity index (χ2n) is 7.55. The normalized spacial score (nSPS) is 15.8. The number of aliphatic imine (C=N–C) groups is 1. The first-order chi connectivity index (χ1) is 15.2. The van der Waals surface area contributed by atoms with Crippen LogP contribution in [0.2, 0.25) is 0 Å². The molecule has 1 saturated heterocycles. The molecule has 2 N–H and O–H groups in total. The minimum atomic E-state index is -0.222. The number of guanidine groups is 1. The van der Waals surface area contributed by atoms with Crippen molar-refractivity contribution in [2.45, 2.75) is 39.3 Å². The van der Waals surface area contributed by atoms with Crippen LogP contribution < -0.4 is 10.6 Å². The molecule has 0 spiro atoms. The molecule has 32 heavy (non-hydrogen) atoms. The van der Waals surface area contributed by atoms with Crippen LogP contribution in [0.4, 0.5) is 4.39 Å². The first kappa shape index (κ1) is 26.5. The summed E-state index contributed by atoms with van der Waals surface area (Å²) < 4.78 is 21.0. The van der Waals surface area contributed by atoms with Gasteiger partial charge in [0.1, 0.15) is 18.0 Å². The molecule has 10 heteroatoms. The molecule has 2 aromatic rings. The fraction of sp³-hybridized carbons (Fsp3) is 0.591. The molecule has 0 bridgehead atoms. The number of aromatic nitrogens is 3. The quantitative estimate of drug-likeness (QED) is 0.265. The number of nitrogens with one attached hydrogen (secondary N) is 2. The second kappa shape index (κ2) is 14.4. The zero-order chi connectivity index (χ0) is 21.9. The van der Waals surface area contributed by atoms with Crippen molar-refractivity contribution in [3.8, 4) is 0 Å². The summed E-state index contributed by atoms with van der Waals surface area (Å²) in [5, 5.41) is 14.9. The van der Waals surface area contributed by atoms with Gasteiger partial charge in [-0.05, 0) is 24.1 Å². The van der Waals surface area contributed by atoms with E-state index in [-0.39, 0.29) is 35.8 Å². The van der Waals surface area contributed by atoms with E-state index in [4.69, 9.17) is 9.73 Å². The first-order valence-electron chi connectivity index (χ1n) is 11.2. The number of aryl methyl sites for hydroxylation is 1. The monoisotopic (exact) mass is 559 g/mol. The van der Waals surface area contributed by atoms with E-state index < -0.39 is 0 Å². The largest absolute Gasteiger partial charge is 0.379 e. The highest BCUT2D eigenvalue weighted by Crippen LogP contribution is 2.22. The van der Waals surface area contributed by atoms with Gasteiger partial charge in [-0.2, -0.15) is 0 Å². The summed E-state index contributed by atoms with van der Waals surface area (Å²) in [5.74, 6) is 1.54. The summed E-state index contributed by atoms with van der Waals surface area (Å²) in [7, 11) is 0. The van der Waals surface area contributed by atoms with E-state index in [9.17, 15) is 4.39 Å². The number of halogens is 2. The minimum absolute atomic E-state index is 0. The predicted molar refractivity (Wildman–Crippen MR) is 135 cm³/mol. The highest BCUT2D eigenvalue weighted by Gasteiger charge is 2.22. The number of rotatable bonds is 10. The number of hydrogen-bond acceptors (Lipinski definition) is 5. The van der Waals surface area contributed by atoms with Crippen molar-refractivity contribution in [3.05, 3.63) is 47.8 Å². The van der Waals surface area contributed by atoms with Gasteiger partial charge in [0.15, 0.2) is 5.96 Å². The number of ether oxygens (including phenoxy) is 1. The zero-order valence-corrected chi connectivity index (χ0v) is 21.3. The Morgan fingerprint density at radius 2 is 1.88 bits per heavy atom. The lowest BCUT2D eigenvalue weighted by Gasteiger charge is -2.34. The molecular formula is C22H35FIN7O. The summed E-state index contributed by atoms with van der Waals surface area (Å²) in [6.07, 6.45) is 3.63. The Balaban J connectivity index is 0.00000363. The molecule has 1 fully saturated rings. The van der Waals surface area contributed by atoms with Gasteiger partial charge < -0.3 is 19.9 Å². The number of benzene rings is 1. The van der Waals surface area contributed by atoms with Crippen LogP contribution in [0.15, 0.2) is 35.6 Å². The topological polar surface area (TPSA) is 79.6 Å². The van der Waals surface area contributed by atoms with Crippen molar-refractivity contribution in [2.24, 2.45) is 4.99 Å². The average Bonchev–Trinajstić information content (AvgIpc) is 3.26. The summed E-state index contributed by atoms with van der Waals surface area (Å²) >= 11 is 0. The summed E-state index contributed by atoms with van der Waals surface area (Å²) in [6, 6.07) is 6.83. The molecule has 0 aliphatic carbocycles. The molecule has 3 rings (SSSR count). The van der Waals surface area contributed by atoms with E-state index in [1.807, 2.05) is 12.1 Å². The molecule has 0 radical (unpaired) electrons. The third-order valence-electron chi connectivity index (χ3n) is 5.36. The van der Waals surface area contributed by atoms with E-state index in [0.717, 1.165) is 62.9 Å². The average molecular weight is 559 g/mol. The van der Waals surface area contributed by atoms with Gasteiger partial charge in [-0.1, -0.05) is 26.0 Å². The number of nitrogens with zero attached hydrogens (tertiary/aromatic N) is 5. The number of hydrogen-bond donors (Lipinski definition) is 2. The van der Waals surface area contributed by atoms with Crippen LogP contribution >= 0.6 is 24.0 Å². The summed E-state index contributed by atoms with van der Waals surface area (Å²) in [4.78, 5) is 7.24. The highest BCUT2D eigenvalue weighted by molar-refractivity contribution is 14.0. The van der Waals surface area contributed by atoms with E-state index in [0.29, 0.717) is 19.8 Å². The van der Waals surface area contributed by atoms with Crippen molar-refractivity contribution < 1.29 is 9.13 Å². The summed E-state index contributed by atoms with van der Waals surface area (Å²) in [5.41, 5.74) is 1.07. The molecule has 0 amide bonds. The fourth-order valence-electron chi connectivity index (χ4n) is 3.64. The lowest BCUT2D eigenvalue weighted by Crippen LogP contribution is -2.42. The molecule has 2 heterocycles. The number of morpholine rings is 1. The third-order valence-corrected chi connectivity index (χ3v) is 5.36. The highest BCUT2D eigenvalue weighted by atomic mass is 127. The van der Waals surface area contributed by atoms with Gasteiger partial charge in [-0.25, -0.2) is 4.39 Å². The molecular weight excluding hydrogens is 524 g/mol. The first-order valence-corrected chi connectivity index (χ1v) is 11.2. The van der Waals surface area contributed by atoms with Crippen molar-refractivity contribution in [3.63, 3.8) is 0 Å². The van der Waals surface area contributed by atoms with Crippen LogP contribution in [-0.4, -0.2) is 71.6 Å². The van der Waals surface area contributed by atoms with Gasteiger partial charge in [0.25, 0.3) is 0 Å². The van der Waals surface area contributed by atoms with E-state index in [2.05, 4.69) is 44.1 Å². The van der Waals surface area contributed by atoms with E-state index in [1.54, 1.807) is 6.33 Å². The van der Waals surface area contributed by atoms with Gasteiger partial charge in [0, 0.05) is 39.1 Å². The van der Waals surface area contributed by atoms with Gasteiger partial charge in [0.2, 0.25) is 0 Å². The van der Waals surface area contributed by atoms with Crippen molar-refractivity contribution in [1.82, 2.24) is 30.3 Å². The van der Waals surface area contributed by atoms with Crippen LogP contribution in [0, 0.1) is 5.82 Å². The minimum Gasteiger partial charge on any atom is -0.379 e. The van der Waals surface area contributed by atoms with Crippen molar-refractivity contribution >= 4 is 29.9 Å². The second-order valence-corrected chi connectivity index (χ2v) is 7.55. The Bertz CT molecular complexity index is 809. The molecule has 1 unspecified atom stereocenters. The van der Waals surface area contributed by atoms with Crippen LogP contribution in [0.25, 0.3) is 0 Å². The van der Waals surface area contributed by atoms with Gasteiger partial charge >= 0.3 is 0 Å². The SMILES string of the molecule is CCCNC(=NCC(c1ccc(F)cc1)N1CCOCC1)NCCn1cnnc1CC.I. The van der Waals surface area contributed by atoms with Crippen LogP contribution in [-0.2, 0) is 17.7 Å². The molecule has 1 aliphatic rings. The molecule has 178 valence electrons. The predicted octanol–water partition coefficient (Wildman–Crippen LogP) is 2.62. The van der Waals surface area contributed by atoms with Crippen molar-refractivity contribution in [1.29, 1.82) is 0 Å². The maximum absolute atomic E-state index is 13.5. The zero-order valence-electron chi connectivity index (χ0n) is 19.0. The third kappa shape index (κ3) is 7.96. The molecule has 8 nitrogen and oxygen atoms in total. The Labute approximate surface area is 207 Å². The molecule has 1 aromatic heterocycles. The lowest BCUT2D eigenvalue weighted by atomic mass is 10.0. The maximum atomic E-state index is 13.5. The maximum Gasteiger partial charge on any atom is 0.191 e. The Hall–Kier alpha value is -1.79. The molecule has 0 saturated carbocycles. The van der Waals surface area contributed by atoms with E-state index >= 15 is 0 Å². The van der Waals surface area contributed by atoms with Crippen molar-refractivity contribution in [2.75, 3.05) is 45.9 Å². The van der Waals surface area contributed by atoms with Gasteiger partial charge in [-0.3, -0.25) is 9.89 Å². The van der Waals surface area contributed by atoms with Crippen LogP contribution in [0.5, 0.6) is 0 Å². The molecule has 1 atom stereocenters. The lowest BCUT2D eigenvalue weighted by molar-refractivity contribution is 0.0179. The Morgan fingerprint density at radius 3 is 2.56 bits per heavy atom. The van der Waals surface area contributed by atoms with E-state index in [1.165, 1.54) is 12.1 Å². The van der Waals surface area contributed by atoms with Gasteiger partial charge in [-0.15, -0.1) is 34.2 Å². The fourth-order valence-corrected chi connectivity index (χ4v) is 3.64. The van der Waals surface area contributed by atoms with Gasteiger partial charge in [0.05, 0.1) is 25.8 Å². The summed E-state index contributed by atoms with van der Waals surface area (Å²) in [6.45, 7) is 10.2. The Kier molecular flexibility index (Phi) is 11.9. The standard InChI is InChI=1S/C22H34FN7O.HI/c1-3-9-24-22(25-10-11-30-17-27-28-21(30)4-2)26-16-20(29-12-14-31-15-13-29)18-5-7-19(23)8-6-18;/h5-8,17,20H,3-4,9-16H2,1-2H3,(H2,24,25,26);1H. The molecule has 1 aromatic carbocycles. The van der Waals surface area contributed by atoms with Crippen LogP contribution in [0.3, 0.4) is 0 Å².